The van der Waals surface area contributed by atoms with Crippen molar-refractivity contribution in [3.05, 3.63) is 42.0 Å². The Labute approximate surface area is 162 Å². The Bertz CT molecular complexity index is 943. The maximum absolute atomic E-state index is 12.9. The minimum Gasteiger partial charge on any atom is -0.480 e. The zero-order valence-electron chi connectivity index (χ0n) is 15.2. The number of carboxylic acids is 1. The molecule has 10 nitrogen and oxygen atoms in total. The second-order valence-electron chi connectivity index (χ2n) is 6.62. The van der Waals surface area contributed by atoms with E-state index >= 15 is 0 Å². The summed E-state index contributed by atoms with van der Waals surface area (Å²) < 4.78 is 27.0. The van der Waals surface area contributed by atoms with Crippen molar-refractivity contribution in [1.29, 1.82) is 0 Å². The number of amides is 1. The van der Waals surface area contributed by atoms with Gasteiger partial charge in [0.05, 0.1) is 4.90 Å². The first kappa shape index (κ1) is 20.0. The third kappa shape index (κ3) is 4.20. The third-order valence-electron chi connectivity index (χ3n) is 4.61. The maximum atomic E-state index is 12.9. The van der Waals surface area contributed by atoms with Gasteiger partial charge in [-0.3, -0.25) is 9.89 Å². The van der Waals surface area contributed by atoms with Crippen LogP contribution in [-0.4, -0.2) is 63.5 Å². The Morgan fingerprint density at radius 2 is 2.07 bits per heavy atom. The minimum absolute atomic E-state index is 0.0848. The van der Waals surface area contributed by atoms with Gasteiger partial charge in [0.15, 0.2) is 0 Å². The molecule has 28 heavy (non-hydrogen) atoms. The van der Waals surface area contributed by atoms with Crippen molar-refractivity contribution in [3.63, 3.8) is 0 Å². The molecule has 1 aromatic carbocycles. The normalized spacial score (nSPS) is 18.7. The monoisotopic (exact) mass is 407 g/mol. The number of rotatable bonds is 7. The van der Waals surface area contributed by atoms with Gasteiger partial charge in [0.2, 0.25) is 15.9 Å². The molecule has 3 rings (SSSR count). The van der Waals surface area contributed by atoms with Crippen molar-refractivity contribution in [3.8, 4) is 0 Å². The Hall–Kier alpha value is -2.79. The Balaban J connectivity index is 1.76. The van der Waals surface area contributed by atoms with Crippen LogP contribution < -0.4 is 5.32 Å². The fraction of sp³-hybridized carbons (Fsp3) is 0.412. The lowest BCUT2D eigenvalue weighted by atomic mass is 10.1. The third-order valence-corrected chi connectivity index (χ3v) is 6.53. The topological polar surface area (TPSA) is 145 Å². The number of aliphatic carboxylic acids is 1. The number of benzene rings is 1. The summed E-state index contributed by atoms with van der Waals surface area (Å²) in [5, 5.41) is 18.0. The molecule has 0 saturated carbocycles. The van der Waals surface area contributed by atoms with Crippen LogP contribution in [-0.2, 0) is 26.0 Å². The van der Waals surface area contributed by atoms with E-state index in [1.807, 2.05) is 6.92 Å². The molecule has 1 saturated heterocycles. The summed E-state index contributed by atoms with van der Waals surface area (Å²) in [6.07, 6.45) is 2.00. The highest BCUT2D eigenvalue weighted by Gasteiger charge is 2.40. The number of nitrogens with zero attached hydrogens (tertiary/aromatic N) is 3. The molecule has 2 heterocycles. The van der Waals surface area contributed by atoms with E-state index in [9.17, 15) is 23.1 Å². The average Bonchev–Trinajstić information content (AvgIpc) is 3.33. The Morgan fingerprint density at radius 3 is 2.68 bits per heavy atom. The van der Waals surface area contributed by atoms with Crippen LogP contribution in [0.3, 0.4) is 0 Å². The fourth-order valence-corrected chi connectivity index (χ4v) is 4.78. The van der Waals surface area contributed by atoms with E-state index in [1.165, 1.54) is 18.5 Å². The van der Waals surface area contributed by atoms with Crippen molar-refractivity contribution < 1.29 is 23.1 Å². The minimum atomic E-state index is -3.86. The predicted molar refractivity (Wildman–Crippen MR) is 97.7 cm³/mol. The summed E-state index contributed by atoms with van der Waals surface area (Å²) in [5.41, 5.74) is 0.923. The summed E-state index contributed by atoms with van der Waals surface area (Å²) in [4.78, 5) is 28.2. The molecule has 0 radical (unpaired) electrons. The molecule has 0 aliphatic carbocycles. The number of aryl methyl sites for hydroxylation is 1. The van der Waals surface area contributed by atoms with Crippen molar-refractivity contribution >= 4 is 21.9 Å². The molecule has 3 N–H and O–H groups in total. The van der Waals surface area contributed by atoms with Gasteiger partial charge in [-0.2, -0.15) is 9.40 Å². The summed E-state index contributed by atoms with van der Waals surface area (Å²) in [6, 6.07) is 4.18. The summed E-state index contributed by atoms with van der Waals surface area (Å²) in [7, 11) is -3.86. The van der Waals surface area contributed by atoms with Gasteiger partial charge in [0.25, 0.3) is 0 Å². The van der Waals surface area contributed by atoms with Crippen LogP contribution in [0.2, 0.25) is 0 Å². The summed E-state index contributed by atoms with van der Waals surface area (Å²) in [5.74, 6) is -1.57. The van der Waals surface area contributed by atoms with Crippen LogP contribution in [0.1, 0.15) is 24.2 Å². The number of nitrogens with one attached hydrogen (secondary N) is 2. The smallest absolute Gasteiger partial charge is 0.326 e. The van der Waals surface area contributed by atoms with Gasteiger partial charge in [-0.05, 0) is 31.9 Å². The summed E-state index contributed by atoms with van der Waals surface area (Å²) in [6.45, 7) is 2.05. The zero-order valence-corrected chi connectivity index (χ0v) is 16.0. The van der Waals surface area contributed by atoms with Crippen molar-refractivity contribution in [2.75, 3.05) is 6.54 Å². The highest BCUT2D eigenvalue weighted by Crippen LogP contribution is 2.26. The molecule has 0 bridgehead atoms. The van der Waals surface area contributed by atoms with E-state index in [0.29, 0.717) is 18.7 Å². The molecule has 1 amide bonds. The van der Waals surface area contributed by atoms with Gasteiger partial charge in [0, 0.05) is 13.0 Å². The van der Waals surface area contributed by atoms with E-state index in [1.54, 1.807) is 12.1 Å². The first-order valence-corrected chi connectivity index (χ1v) is 10.2. The van der Waals surface area contributed by atoms with Gasteiger partial charge in [-0.25, -0.2) is 18.2 Å². The number of carbonyl (C=O) groups excluding carboxylic acids is 1. The first-order chi connectivity index (χ1) is 13.3. The standard InChI is InChI=1S/C17H21N5O5S/c1-11-4-6-12(7-5-11)28(26,27)22-8-2-3-14(22)16(23)20-13(17(24)25)9-15-18-10-19-21-15/h4-7,10,13-14H,2-3,8-9H2,1H3,(H,20,23)(H,24,25)(H,18,19,21)/t13?,14-/m0/s1. The number of aromatic amines is 1. The van der Waals surface area contributed by atoms with Crippen LogP contribution in [0, 0.1) is 6.92 Å². The quantitative estimate of drug-likeness (QED) is 0.589. The van der Waals surface area contributed by atoms with Gasteiger partial charge in [0.1, 0.15) is 24.2 Å². The second kappa shape index (κ2) is 8.07. The molecule has 0 spiro atoms. The number of hydrogen-bond donors (Lipinski definition) is 3. The van der Waals surface area contributed by atoms with Crippen LogP contribution in [0.4, 0.5) is 0 Å². The number of aromatic nitrogens is 3. The van der Waals surface area contributed by atoms with Crippen LogP contribution in [0.5, 0.6) is 0 Å². The van der Waals surface area contributed by atoms with Crippen LogP contribution >= 0.6 is 0 Å². The second-order valence-corrected chi connectivity index (χ2v) is 8.51. The lowest BCUT2D eigenvalue weighted by Gasteiger charge is -2.25. The lowest BCUT2D eigenvalue weighted by Crippen LogP contribution is -2.51. The number of hydrogen-bond acceptors (Lipinski definition) is 6. The SMILES string of the molecule is Cc1ccc(S(=O)(=O)N2CCC[C@H]2C(=O)NC(Cc2ncn[nH]2)C(=O)O)cc1. The number of carboxylic acid groups (broad SMARTS) is 1. The zero-order chi connectivity index (χ0) is 20.3. The van der Waals surface area contributed by atoms with Gasteiger partial charge >= 0.3 is 5.97 Å². The molecule has 1 fully saturated rings. The van der Waals surface area contributed by atoms with E-state index < -0.39 is 34.0 Å². The van der Waals surface area contributed by atoms with Gasteiger partial charge < -0.3 is 10.4 Å². The number of sulfonamides is 1. The lowest BCUT2D eigenvalue weighted by molar-refractivity contribution is -0.142. The predicted octanol–water partition coefficient (Wildman–Crippen LogP) is 0.0783. The molecule has 1 aliphatic heterocycles. The van der Waals surface area contributed by atoms with E-state index in [2.05, 4.69) is 20.5 Å². The highest BCUT2D eigenvalue weighted by atomic mass is 32.2. The molecular weight excluding hydrogens is 386 g/mol. The number of H-pyrrole nitrogens is 1. The van der Waals surface area contributed by atoms with Crippen molar-refractivity contribution in [2.45, 2.75) is 43.2 Å². The van der Waals surface area contributed by atoms with Crippen LogP contribution in [0.15, 0.2) is 35.5 Å². The fourth-order valence-electron chi connectivity index (χ4n) is 3.13. The number of carbonyl (C=O) groups is 2. The van der Waals surface area contributed by atoms with Crippen LogP contribution in [0.25, 0.3) is 0 Å². The molecule has 150 valence electrons. The molecule has 1 aromatic heterocycles. The molecule has 2 atom stereocenters. The Morgan fingerprint density at radius 1 is 1.36 bits per heavy atom. The Kier molecular flexibility index (Phi) is 5.75. The van der Waals surface area contributed by atoms with E-state index in [0.717, 1.165) is 9.87 Å². The van der Waals surface area contributed by atoms with E-state index in [4.69, 9.17) is 0 Å². The molecule has 1 aliphatic rings. The first-order valence-electron chi connectivity index (χ1n) is 8.75. The molecule has 11 heteroatoms. The van der Waals surface area contributed by atoms with Gasteiger partial charge in [-0.1, -0.05) is 17.7 Å². The van der Waals surface area contributed by atoms with Gasteiger partial charge in [-0.15, -0.1) is 0 Å². The highest BCUT2D eigenvalue weighted by molar-refractivity contribution is 7.89. The largest absolute Gasteiger partial charge is 0.480 e. The molecule has 2 aromatic rings. The molecule has 1 unspecified atom stereocenters. The van der Waals surface area contributed by atoms with E-state index in [-0.39, 0.29) is 17.9 Å². The maximum Gasteiger partial charge on any atom is 0.326 e. The summed E-state index contributed by atoms with van der Waals surface area (Å²) >= 11 is 0. The van der Waals surface area contributed by atoms with Crippen molar-refractivity contribution in [1.82, 2.24) is 24.8 Å². The van der Waals surface area contributed by atoms with Crippen molar-refractivity contribution in [2.24, 2.45) is 0 Å². The molecular formula is C17H21N5O5S. The average molecular weight is 407 g/mol.